The first-order chi connectivity index (χ1) is 7.20. The number of hydrogen-bond acceptors (Lipinski definition) is 2. The van der Waals surface area contributed by atoms with E-state index >= 15 is 0 Å². The largest absolute Gasteiger partial charge is 0.401 e. The van der Waals surface area contributed by atoms with Gasteiger partial charge in [-0.2, -0.15) is 18.3 Å². The minimum absolute atomic E-state index is 0.137. The van der Waals surface area contributed by atoms with Crippen molar-refractivity contribution < 1.29 is 13.2 Å². The summed E-state index contributed by atoms with van der Waals surface area (Å²) < 4.78 is 37.8. The predicted molar refractivity (Wildman–Crippen MR) is 55.3 cm³/mol. The minimum Gasteiger partial charge on any atom is -0.294 e. The van der Waals surface area contributed by atoms with Gasteiger partial charge in [0.1, 0.15) is 5.15 Å². The van der Waals surface area contributed by atoms with Gasteiger partial charge in [-0.05, 0) is 14.0 Å². The maximum atomic E-state index is 12.1. The van der Waals surface area contributed by atoms with Gasteiger partial charge >= 0.3 is 6.18 Å². The second kappa shape index (κ2) is 4.63. The lowest BCUT2D eigenvalue weighted by Crippen LogP contribution is -2.30. The van der Waals surface area contributed by atoms with Gasteiger partial charge in [-0.25, -0.2) is 0 Å². The maximum absolute atomic E-state index is 12.1. The number of rotatable bonds is 3. The van der Waals surface area contributed by atoms with E-state index in [1.807, 2.05) is 0 Å². The molecule has 0 aliphatic rings. The van der Waals surface area contributed by atoms with Gasteiger partial charge in [0.2, 0.25) is 0 Å². The summed E-state index contributed by atoms with van der Waals surface area (Å²) in [6.45, 7) is 0.901. The Bertz CT molecular complexity index is 373. The Balaban J connectivity index is 2.73. The molecule has 0 aliphatic carbocycles. The molecule has 0 aromatic carbocycles. The van der Waals surface area contributed by atoms with Crippen LogP contribution in [-0.2, 0) is 13.6 Å². The smallest absolute Gasteiger partial charge is 0.294 e. The van der Waals surface area contributed by atoms with Crippen LogP contribution in [0, 0.1) is 6.92 Å². The van der Waals surface area contributed by atoms with E-state index in [2.05, 4.69) is 5.10 Å². The molecule has 0 radical (unpaired) electrons. The molecule has 0 saturated carbocycles. The number of aryl methyl sites for hydroxylation is 2. The van der Waals surface area contributed by atoms with Crippen molar-refractivity contribution in [3.8, 4) is 0 Å². The first kappa shape index (κ1) is 13.3. The van der Waals surface area contributed by atoms with E-state index in [1.165, 1.54) is 11.7 Å². The second-order valence-corrected chi connectivity index (χ2v) is 4.12. The van der Waals surface area contributed by atoms with E-state index in [4.69, 9.17) is 11.6 Å². The molecule has 7 heteroatoms. The summed E-state index contributed by atoms with van der Waals surface area (Å²) in [5.74, 6) is 0. The Hall–Kier alpha value is -0.750. The van der Waals surface area contributed by atoms with E-state index < -0.39 is 12.7 Å². The quantitative estimate of drug-likeness (QED) is 0.827. The maximum Gasteiger partial charge on any atom is 0.401 e. The van der Waals surface area contributed by atoms with Crippen LogP contribution in [-0.4, -0.2) is 34.4 Å². The van der Waals surface area contributed by atoms with Crippen LogP contribution < -0.4 is 0 Å². The molecular formula is C9H13ClF3N3. The molecule has 1 rings (SSSR count). The van der Waals surface area contributed by atoms with Crippen molar-refractivity contribution in [2.75, 3.05) is 13.6 Å². The van der Waals surface area contributed by atoms with Crippen LogP contribution in [0.15, 0.2) is 0 Å². The molecule has 0 unspecified atom stereocenters. The van der Waals surface area contributed by atoms with Gasteiger partial charge in [0.05, 0.1) is 12.2 Å². The molecule has 0 spiro atoms. The predicted octanol–water partition coefficient (Wildman–Crippen LogP) is 2.38. The Labute approximate surface area is 96.8 Å². The van der Waals surface area contributed by atoms with E-state index in [-0.39, 0.29) is 6.54 Å². The molecule has 16 heavy (non-hydrogen) atoms. The minimum atomic E-state index is -4.20. The molecule has 1 aromatic rings. The number of halogens is 4. The van der Waals surface area contributed by atoms with E-state index in [1.54, 1.807) is 14.0 Å². The first-order valence-electron chi connectivity index (χ1n) is 4.64. The average molecular weight is 256 g/mol. The molecule has 1 heterocycles. The Morgan fingerprint density at radius 3 is 2.38 bits per heavy atom. The standard InChI is InChI=1S/C9H13ClF3N3/c1-6-7(8(10)16(3)14-6)4-15(2)5-9(11,12)13/h4-5H2,1-3H3. The van der Waals surface area contributed by atoms with E-state index in [0.717, 1.165) is 4.90 Å². The van der Waals surface area contributed by atoms with E-state index in [0.29, 0.717) is 16.4 Å². The topological polar surface area (TPSA) is 21.1 Å². The van der Waals surface area contributed by atoms with Crippen molar-refractivity contribution >= 4 is 11.6 Å². The third-order valence-corrected chi connectivity index (χ3v) is 2.62. The monoisotopic (exact) mass is 255 g/mol. The van der Waals surface area contributed by atoms with Gasteiger partial charge in [-0.15, -0.1) is 0 Å². The van der Waals surface area contributed by atoms with Gasteiger partial charge in [-0.1, -0.05) is 11.6 Å². The third kappa shape index (κ3) is 3.38. The molecule has 0 saturated heterocycles. The molecule has 0 atom stereocenters. The van der Waals surface area contributed by atoms with Crippen LogP contribution >= 0.6 is 11.6 Å². The van der Waals surface area contributed by atoms with Crippen LogP contribution in [0.4, 0.5) is 13.2 Å². The van der Waals surface area contributed by atoms with Crippen LogP contribution in [0.5, 0.6) is 0 Å². The summed E-state index contributed by atoms with van der Waals surface area (Å²) in [5.41, 5.74) is 1.29. The molecule has 0 bridgehead atoms. The zero-order valence-electron chi connectivity index (χ0n) is 9.27. The SMILES string of the molecule is Cc1nn(C)c(Cl)c1CN(C)CC(F)(F)F. The summed E-state index contributed by atoms with van der Waals surface area (Å²) in [7, 11) is 3.05. The molecule has 0 N–H and O–H groups in total. The van der Waals surface area contributed by atoms with Crippen LogP contribution in [0.3, 0.4) is 0 Å². The lowest BCUT2D eigenvalue weighted by atomic mass is 10.2. The molecular weight excluding hydrogens is 243 g/mol. The normalized spacial score (nSPS) is 12.5. The highest BCUT2D eigenvalue weighted by molar-refractivity contribution is 6.30. The third-order valence-electron chi connectivity index (χ3n) is 2.15. The molecule has 0 amide bonds. The number of nitrogens with zero attached hydrogens (tertiary/aromatic N) is 3. The van der Waals surface area contributed by atoms with Gasteiger partial charge in [0, 0.05) is 19.2 Å². The molecule has 0 aliphatic heterocycles. The van der Waals surface area contributed by atoms with Crippen molar-refractivity contribution in [1.82, 2.24) is 14.7 Å². The highest BCUT2D eigenvalue weighted by Gasteiger charge is 2.29. The number of alkyl halides is 3. The van der Waals surface area contributed by atoms with Gasteiger partial charge in [-0.3, -0.25) is 9.58 Å². The van der Waals surface area contributed by atoms with Gasteiger partial charge in [0.15, 0.2) is 0 Å². The van der Waals surface area contributed by atoms with E-state index in [9.17, 15) is 13.2 Å². The lowest BCUT2D eigenvalue weighted by Gasteiger charge is -2.18. The van der Waals surface area contributed by atoms with Crippen molar-refractivity contribution in [2.24, 2.45) is 7.05 Å². The fourth-order valence-electron chi connectivity index (χ4n) is 1.49. The molecule has 3 nitrogen and oxygen atoms in total. The highest BCUT2D eigenvalue weighted by Crippen LogP contribution is 2.22. The Morgan fingerprint density at radius 2 is 2.00 bits per heavy atom. The molecule has 92 valence electrons. The summed E-state index contributed by atoms with van der Waals surface area (Å²) in [6, 6.07) is 0. The van der Waals surface area contributed by atoms with Crippen molar-refractivity contribution in [1.29, 1.82) is 0 Å². The van der Waals surface area contributed by atoms with Crippen LogP contribution in [0.2, 0.25) is 5.15 Å². The summed E-state index contributed by atoms with van der Waals surface area (Å²) in [4.78, 5) is 1.16. The van der Waals surface area contributed by atoms with Crippen molar-refractivity contribution in [3.63, 3.8) is 0 Å². The highest BCUT2D eigenvalue weighted by atomic mass is 35.5. The molecule has 1 aromatic heterocycles. The summed E-state index contributed by atoms with van der Waals surface area (Å²) >= 11 is 5.92. The van der Waals surface area contributed by atoms with Crippen molar-refractivity contribution in [2.45, 2.75) is 19.6 Å². The summed E-state index contributed by atoms with van der Waals surface area (Å²) in [6.07, 6.45) is -4.20. The average Bonchev–Trinajstić information content (AvgIpc) is 2.29. The fraction of sp³-hybridized carbons (Fsp3) is 0.667. The van der Waals surface area contributed by atoms with Crippen LogP contribution in [0.25, 0.3) is 0 Å². The Kier molecular flexibility index (Phi) is 3.85. The zero-order chi connectivity index (χ0) is 12.5. The number of hydrogen-bond donors (Lipinski definition) is 0. The fourth-order valence-corrected chi connectivity index (χ4v) is 1.72. The second-order valence-electron chi connectivity index (χ2n) is 3.77. The lowest BCUT2D eigenvalue weighted by molar-refractivity contribution is -0.144. The Morgan fingerprint density at radius 1 is 1.44 bits per heavy atom. The van der Waals surface area contributed by atoms with Gasteiger partial charge < -0.3 is 0 Å². The van der Waals surface area contributed by atoms with Gasteiger partial charge in [0.25, 0.3) is 0 Å². The molecule has 0 fully saturated rings. The van der Waals surface area contributed by atoms with Crippen molar-refractivity contribution in [3.05, 3.63) is 16.4 Å². The zero-order valence-corrected chi connectivity index (χ0v) is 10.0. The summed E-state index contributed by atoms with van der Waals surface area (Å²) in [5, 5.41) is 4.42. The number of aromatic nitrogens is 2. The first-order valence-corrected chi connectivity index (χ1v) is 5.02. The van der Waals surface area contributed by atoms with Crippen LogP contribution in [0.1, 0.15) is 11.3 Å².